The number of amides is 2. The minimum absolute atomic E-state index is 0.328. The maximum Gasteiger partial charge on any atom is 0.323 e. The predicted molar refractivity (Wildman–Crippen MR) is 83.4 cm³/mol. The van der Waals surface area contributed by atoms with Crippen LogP contribution in [-0.4, -0.2) is 46.4 Å². The summed E-state index contributed by atoms with van der Waals surface area (Å²) in [7, 11) is -0.916. The molecular formula is C13H17ClN2O4S. The SMILES string of the molecule is CS(=O)CCCNC(=O)N(CC(=O)O)c1cccc(Cl)c1. The summed E-state index contributed by atoms with van der Waals surface area (Å²) in [5, 5.41) is 11.9. The molecule has 0 heterocycles. The fraction of sp³-hybridized carbons (Fsp3) is 0.385. The number of benzene rings is 1. The van der Waals surface area contributed by atoms with Crippen LogP contribution in [-0.2, 0) is 15.6 Å². The van der Waals surface area contributed by atoms with Crippen LogP contribution < -0.4 is 10.2 Å². The normalized spacial score (nSPS) is 11.7. The number of hydrogen-bond acceptors (Lipinski definition) is 3. The molecule has 0 spiro atoms. The van der Waals surface area contributed by atoms with Crippen LogP contribution in [0.15, 0.2) is 24.3 Å². The Morgan fingerprint density at radius 1 is 1.43 bits per heavy atom. The van der Waals surface area contributed by atoms with Gasteiger partial charge in [0.15, 0.2) is 0 Å². The topological polar surface area (TPSA) is 86.7 Å². The van der Waals surface area contributed by atoms with E-state index in [0.717, 1.165) is 4.90 Å². The summed E-state index contributed by atoms with van der Waals surface area (Å²) in [6, 6.07) is 5.88. The first-order chi connectivity index (χ1) is 9.90. The third kappa shape index (κ3) is 6.59. The second-order valence-corrected chi connectivity index (χ2v) is 6.31. The Morgan fingerprint density at radius 2 is 2.14 bits per heavy atom. The summed E-state index contributed by atoms with van der Waals surface area (Å²) >= 11 is 5.85. The first kappa shape index (κ1) is 17.5. The maximum absolute atomic E-state index is 12.1. The van der Waals surface area contributed by atoms with Gasteiger partial charge in [-0.2, -0.15) is 0 Å². The molecule has 1 rings (SSSR count). The highest BCUT2D eigenvalue weighted by atomic mass is 35.5. The van der Waals surface area contributed by atoms with Crippen LogP contribution in [0.2, 0.25) is 5.02 Å². The van der Waals surface area contributed by atoms with Crippen molar-refractivity contribution in [3.05, 3.63) is 29.3 Å². The Balaban J connectivity index is 2.71. The first-order valence-electron chi connectivity index (χ1n) is 6.23. The van der Waals surface area contributed by atoms with Gasteiger partial charge in [0.05, 0.1) is 0 Å². The van der Waals surface area contributed by atoms with E-state index in [9.17, 15) is 13.8 Å². The van der Waals surface area contributed by atoms with E-state index in [-0.39, 0.29) is 0 Å². The lowest BCUT2D eigenvalue weighted by atomic mass is 10.3. The van der Waals surface area contributed by atoms with Crippen molar-refractivity contribution in [2.75, 3.05) is 30.0 Å². The second-order valence-electron chi connectivity index (χ2n) is 4.32. The van der Waals surface area contributed by atoms with Gasteiger partial charge in [-0.1, -0.05) is 17.7 Å². The lowest BCUT2D eigenvalue weighted by Gasteiger charge is -2.21. The van der Waals surface area contributed by atoms with Gasteiger partial charge in [-0.15, -0.1) is 0 Å². The highest BCUT2D eigenvalue weighted by Gasteiger charge is 2.18. The average molecular weight is 333 g/mol. The smallest absolute Gasteiger partial charge is 0.323 e. The summed E-state index contributed by atoms with van der Waals surface area (Å²) in [6.45, 7) is -0.138. The number of nitrogens with one attached hydrogen (secondary N) is 1. The lowest BCUT2D eigenvalue weighted by Crippen LogP contribution is -2.43. The number of nitrogens with zero attached hydrogens (tertiary/aromatic N) is 1. The number of rotatable bonds is 7. The molecule has 0 saturated heterocycles. The first-order valence-corrected chi connectivity index (χ1v) is 8.33. The zero-order chi connectivity index (χ0) is 15.8. The third-order valence-electron chi connectivity index (χ3n) is 2.54. The van der Waals surface area contributed by atoms with Crippen molar-refractivity contribution in [3.8, 4) is 0 Å². The van der Waals surface area contributed by atoms with Gasteiger partial charge in [0.1, 0.15) is 6.54 Å². The Bertz CT molecular complexity index is 539. The maximum atomic E-state index is 12.1. The molecule has 0 radical (unpaired) electrons. The predicted octanol–water partition coefficient (Wildman–Crippen LogP) is 1.71. The van der Waals surface area contributed by atoms with E-state index in [1.54, 1.807) is 24.5 Å². The summed E-state index contributed by atoms with van der Waals surface area (Å²) in [4.78, 5) is 24.1. The molecule has 116 valence electrons. The van der Waals surface area contributed by atoms with E-state index in [4.69, 9.17) is 16.7 Å². The van der Waals surface area contributed by atoms with Gasteiger partial charge in [-0.25, -0.2) is 4.79 Å². The van der Waals surface area contributed by atoms with E-state index in [0.29, 0.717) is 29.4 Å². The van der Waals surface area contributed by atoms with Crippen molar-refractivity contribution in [2.45, 2.75) is 6.42 Å². The van der Waals surface area contributed by atoms with Gasteiger partial charge < -0.3 is 10.4 Å². The Hall–Kier alpha value is -1.60. The van der Waals surface area contributed by atoms with Crippen molar-refractivity contribution in [1.29, 1.82) is 0 Å². The molecule has 1 unspecified atom stereocenters. The van der Waals surface area contributed by atoms with Crippen LogP contribution in [0.5, 0.6) is 0 Å². The highest BCUT2D eigenvalue weighted by molar-refractivity contribution is 7.84. The molecule has 6 nitrogen and oxygen atoms in total. The molecule has 0 aliphatic carbocycles. The van der Waals surface area contributed by atoms with Gasteiger partial charge in [-0.3, -0.25) is 13.9 Å². The van der Waals surface area contributed by atoms with E-state index in [1.807, 2.05) is 0 Å². The van der Waals surface area contributed by atoms with Crippen LogP contribution in [0, 0.1) is 0 Å². The van der Waals surface area contributed by atoms with Crippen LogP contribution in [0.4, 0.5) is 10.5 Å². The number of halogens is 1. The van der Waals surface area contributed by atoms with E-state index in [1.165, 1.54) is 6.07 Å². The molecule has 0 saturated carbocycles. The molecular weight excluding hydrogens is 316 g/mol. The quantitative estimate of drug-likeness (QED) is 0.744. The van der Waals surface area contributed by atoms with Crippen LogP contribution in [0.1, 0.15) is 6.42 Å². The van der Waals surface area contributed by atoms with Crippen molar-refractivity contribution in [2.24, 2.45) is 0 Å². The fourth-order valence-electron chi connectivity index (χ4n) is 1.63. The summed E-state index contributed by atoms with van der Waals surface area (Å²) in [5.74, 6) is -0.643. The number of hydrogen-bond donors (Lipinski definition) is 2. The number of anilines is 1. The van der Waals surface area contributed by atoms with E-state index >= 15 is 0 Å². The zero-order valence-corrected chi connectivity index (χ0v) is 13.1. The molecule has 21 heavy (non-hydrogen) atoms. The Kier molecular flexibility index (Phi) is 7.18. The van der Waals surface area contributed by atoms with Crippen LogP contribution in [0.25, 0.3) is 0 Å². The van der Waals surface area contributed by atoms with E-state index in [2.05, 4.69) is 5.32 Å². The number of carbonyl (C=O) groups excluding carboxylic acids is 1. The molecule has 0 aliphatic heterocycles. The largest absolute Gasteiger partial charge is 0.480 e. The van der Waals surface area contributed by atoms with Crippen LogP contribution in [0.3, 0.4) is 0 Å². The standard InChI is InChI=1S/C13H17ClN2O4S/c1-21(20)7-3-6-15-13(19)16(9-12(17)18)11-5-2-4-10(14)8-11/h2,4-5,8H,3,6-7,9H2,1H3,(H,15,19)(H,17,18). The van der Waals surface area contributed by atoms with Gasteiger partial charge in [0.2, 0.25) is 0 Å². The molecule has 2 amide bonds. The summed E-state index contributed by atoms with van der Waals surface area (Å²) < 4.78 is 10.9. The molecule has 0 fully saturated rings. The number of carboxylic acid groups (broad SMARTS) is 1. The van der Waals surface area contributed by atoms with Gasteiger partial charge >= 0.3 is 12.0 Å². The summed E-state index contributed by atoms with van der Waals surface area (Å²) in [5.41, 5.74) is 0.404. The Morgan fingerprint density at radius 3 is 2.71 bits per heavy atom. The number of urea groups is 1. The monoisotopic (exact) mass is 332 g/mol. The van der Waals surface area contributed by atoms with Crippen molar-refractivity contribution >= 4 is 40.1 Å². The van der Waals surface area contributed by atoms with Gasteiger partial charge in [0, 0.05) is 40.1 Å². The van der Waals surface area contributed by atoms with Crippen LogP contribution >= 0.6 is 11.6 Å². The Labute approximate surface area is 130 Å². The highest BCUT2D eigenvalue weighted by Crippen LogP contribution is 2.19. The minimum atomic E-state index is -1.13. The summed E-state index contributed by atoms with van der Waals surface area (Å²) in [6.07, 6.45) is 2.15. The average Bonchev–Trinajstić information content (AvgIpc) is 2.40. The number of aliphatic carboxylic acids is 1. The fourth-order valence-corrected chi connectivity index (χ4v) is 2.36. The van der Waals surface area contributed by atoms with Crippen molar-refractivity contribution in [1.82, 2.24) is 5.32 Å². The molecule has 0 aromatic heterocycles. The van der Waals surface area contributed by atoms with Crippen molar-refractivity contribution < 1.29 is 18.9 Å². The number of carbonyl (C=O) groups is 2. The molecule has 2 N–H and O–H groups in total. The molecule has 0 bridgehead atoms. The minimum Gasteiger partial charge on any atom is -0.480 e. The third-order valence-corrected chi connectivity index (χ3v) is 3.64. The molecule has 1 atom stereocenters. The van der Waals surface area contributed by atoms with Gasteiger partial charge in [0.25, 0.3) is 0 Å². The molecule has 1 aromatic rings. The molecule has 8 heteroatoms. The van der Waals surface area contributed by atoms with Gasteiger partial charge in [-0.05, 0) is 24.6 Å². The van der Waals surface area contributed by atoms with Crippen molar-refractivity contribution in [3.63, 3.8) is 0 Å². The molecule has 0 aliphatic rings. The zero-order valence-electron chi connectivity index (χ0n) is 11.5. The lowest BCUT2D eigenvalue weighted by molar-refractivity contribution is -0.135. The molecule has 1 aromatic carbocycles. The number of carboxylic acids is 1. The van der Waals surface area contributed by atoms with E-state index < -0.39 is 29.3 Å². The second kappa shape index (κ2) is 8.63.